The minimum Gasteiger partial charge on any atom is -0.299 e. The van der Waals surface area contributed by atoms with Crippen LogP contribution in [0.4, 0.5) is 4.39 Å². The lowest BCUT2D eigenvalue weighted by Gasteiger charge is -2.07. The smallest absolute Gasteiger partial charge is 0.142 e. The molecule has 0 spiro atoms. The molecule has 0 saturated heterocycles. The van der Waals surface area contributed by atoms with Gasteiger partial charge in [-0.2, -0.15) is 0 Å². The van der Waals surface area contributed by atoms with E-state index in [-0.39, 0.29) is 28.1 Å². The Morgan fingerprint density at radius 3 is 2.52 bits per heavy atom. The lowest BCUT2D eigenvalue weighted by Crippen LogP contribution is -2.10. The molecule has 0 N–H and O–H groups in total. The van der Waals surface area contributed by atoms with Crippen LogP contribution in [0, 0.1) is 24.1 Å². The highest BCUT2D eigenvalue weighted by Crippen LogP contribution is 2.64. The van der Waals surface area contributed by atoms with Gasteiger partial charge < -0.3 is 0 Å². The van der Waals surface area contributed by atoms with Gasteiger partial charge >= 0.3 is 0 Å². The number of hydrogen-bond donors (Lipinski definition) is 0. The van der Waals surface area contributed by atoms with Crippen LogP contribution >= 0.6 is 11.6 Å². The summed E-state index contributed by atoms with van der Waals surface area (Å²) in [7, 11) is 0. The van der Waals surface area contributed by atoms with Crippen molar-refractivity contribution in [1.29, 1.82) is 0 Å². The summed E-state index contributed by atoms with van der Waals surface area (Å²) in [5.74, 6) is 0.0319. The third-order valence-electron chi connectivity index (χ3n) is 5.08. The Morgan fingerprint density at radius 1 is 1.22 bits per heavy atom. The Balaban J connectivity index is 1.81. The molecule has 3 heteroatoms. The average molecular weight is 331 g/mol. The summed E-state index contributed by atoms with van der Waals surface area (Å²) < 4.78 is 13.5. The zero-order valence-electron chi connectivity index (χ0n) is 13.6. The molecule has 23 heavy (non-hydrogen) atoms. The number of rotatable bonds is 4. The highest BCUT2D eigenvalue weighted by Gasteiger charge is 2.61. The minimum absolute atomic E-state index is 0.00753. The molecule has 0 aliphatic heterocycles. The molecule has 0 heterocycles. The Morgan fingerprint density at radius 2 is 1.87 bits per heavy atom. The first-order valence-corrected chi connectivity index (χ1v) is 8.22. The maximum atomic E-state index is 13.5. The van der Waals surface area contributed by atoms with Crippen molar-refractivity contribution in [2.75, 3.05) is 0 Å². The van der Waals surface area contributed by atoms with Crippen molar-refractivity contribution < 1.29 is 9.18 Å². The third-order valence-corrected chi connectivity index (χ3v) is 5.37. The molecule has 0 unspecified atom stereocenters. The summed E-state index contributed by atoms with van der Waals surface area (Å²) >= 11 is 5.86. The summed E-state index contributed by atoms with van der Waals surface area (Å²) in [6, 6.07) is 13.2. The summed E-state index contributed by atoms with van der Waals surface area (Å²) in [6.07, 6.45) is 0.309. The molecule has 1 saturated carbocycles. The number of aryl methyl sites for hydroxylation is 1. The van der Waals surface area contributed by atoms with E-state index in [9.17, 15) is 9.18 Å². The van der Waals surface area contributed by atoms with Gasteiger partial charge in [0.25, 0.3) is 0 Å². The number of Topliss-reactive ketones (excluding diaryl/α,β-unsaturated/α-hetero) is 1. The molecule has 2 atom stereocenters. The molecular formula is C20H20ClFO. The van der Waals surface area contributed by atoms with Crippen LogP contribution in [0.3, 0.4) is 0 Å². The molecule has 1 nitrogen and oxygen atoms in total. The predicted octanol–water partition coefficient (Wildman–Crippen LogP) is 5.34. The van der Waals surface area contributed by atoms with E-state index in [0.717, 1.165) is 11.1 Å². The maximum absolute atomic E-state index is 13.5. The second-order valence-corrected chi connectivity index (χ2v) is 7.43. The van der Waals surface area contributed by atoms with E-state index in [1.54, 1.807) is 6.07 Å². The van der Waals surface area contributed by atoms with Crippen molar-refractivity contribution in [1.82, 2.24) is 0 Å². The fraction of sp³-hybridized carbons (Fsp3) is 0.350. The minimum atomic E-state index is -0.436. The lowest BCUT2D eigenvalue weighted by atomic mass is 9.98. The van der Waals surface area contributed by atoms with E-state index in [0.29, 0.717) is 6.42 Å². The van der Waals surface area contributed by atoms with Crippen molar-refractivity contribution in [3.8, 4) is 0 Å². The van der Waals surface area contributed by atoms with Crippen LogP contribution in [0.1, 0.15) is 36.5 Å². The normalized spacial score (nSPS) is 22.0. The topological polar surface area (TPSA) is 17.1 Å². The summed E-state index contributed by atoms with van der Waals surface area (Å²) in [5, 5.41) is 0.0769. The van der Waals surface area contributed by atoms with Crippen molar-refractivity contribution in [3.63, 3.8) is 0 Å². The summed E-state index contributed by atoms with van der Waals surface area (Å²) in [4.78, 5) is 12.8. The molecule has 0 aromatic heterocycles. The van der Waals surface area contributed by atoms with Gasteiger partial charge in [0.2, 0.25) is 0 Å². The van der Waals surface area contributed by atoms with Crippen molar-refractivity contribution >= 4 is 17.4 Å². The monoisotopic (exact) mass is 330 g/mol. The van der Waals surface area contributed by atoms with Gasteiger partial charge in [-0.15, -0.1) is 0 Å². The van der Waals surface area contributed by atoms with E-state index >= 15 is 0 Å². The van der Waals surface area contributed by atoms with E-state index in [2.05, 4.69) is 26.0 Å². The standard InChI is InChI=1S/C20H20ClFO/c1-12-9-16(22)15(21)10-14(12)11-17(23)19-18(20(19,2)3)13-7-5-4-6-8-13/h4-10,18-19H,11H2,1-3H3/t18-,19-/m1/s1. The summed E-state index contributed by atoms with van der Waals surface area (Å²) in [5.41, 5.74) is 2.77. The van der Waals surface area contributed by atoms with E-state index in [1.807, 2.05) is 25.1 Å². The van der Waals surface area contributed by atoms with E-state index in [4.69, 9.17) is 11.6 Å². The Hall–Kier alpha value is -1.67. The van der Waals surface area contributed by atoms with Gasteiger partial charge in [0.1, 0.15) is 11.6 Å². The predicted molar refractivity (Wildman–Crippen MR) is 91.3 cm³/mol. The Labute approximate surface area is 141 Å². The first kappa shape index (κ1) is 16.2. The third kappa shape index (κ3) is 2.92. The number of benzene rings is 2. The number of ketones is 1. The molecule has 1 aliphatic carbocycles. The highest BCUT2D eigenvalue weighted by atomic mass is 35.5. The fourth-order valence-corrected chi connectivity index (χ4v) is 3.88. The zero-order chi connectivity index (χ0) is 16.8. The molecule has 1 fully saturated rings. The molecule has 2 aromatic rings. The lowest BCUT2D eigenvalue weighted by molar-refractivity contribution is -0.120. The van der Waals surface area contributed by atoms with Crippen LogP contribution in [-0.4, -0.2) is 5.78 Å². The van der Waals surface area contributed by atoms with Crippen LogP contribution in [0.15, 0.2) is 42.5 Å². The van der Waals surface area contributed by atoms with Gasteiger partial charge in [0.05, 0.1) is 5.02 Å². The second kappa shape index (κ2) is 5.76. The van der Waals surface area contributed by atoms with E-state index < -0.39 is 5.82 Å². The Bertz CT molecular complexity index is 752. The SMILES string of the molecule is Cc1cc(F)c(Cl)cc1CC(=O)[C@@H]1[C@@H](c2ccccc2)C1(C)C. The highest BCUT2D eigenvalue weighted by molar-refractivity contribution is 6.30. The quantitative estimate of drug-likeness (QED) is 0.739. The molecule has 3 rings (SSSR count). The molecule has 0 radical (unpaired) electrons. The fourth-order valence-electron chi connectivity index (χ4n) is 3.70. The van der Waals surface area contributed by atoms with Crippen molar-refractivity contribution in [2.45, 2.75) is 33.1 Å². The van der Waals surface area contributed by atoms with Gasteiger partial charge in [0, 0.05) is 12.3 Å². The largest absolute Gasteiger partial charge is 0.299 e. The van der Waals surface area contributed by atoms with Crippen LogP contribution in [0.2, 0.25) is 5.02 Å². The average Bonchev–Trinajstić information content (AvgIpc) is 3.08. The summed E-state index contributed by atoms with van der Waals surface area (Å²) in [6.45, 7) is 6.09. The molecule has 1 aliphatic rings. The van der Waals surface area contributed by atoms with Crippen LogP contribution in [-0.2, 0) is 11.2 Å². The van der Waals surface area contributed by atoms with Gasteiger partial charge in [0.15, 0.2) is 0 Å². The second-order valence-electron chi connectivity index (χ2n) is 7.02. The van der Waals surface area contributed by atoms with Crippen molar-refractivity contribution in [3.05, 3.63) is 70.0 Å². The molecule has 0 amide bonds. The van der Waals surface area contributed by atoms with E-state index in [1.165, 1.54) is 11.6 Å². The zero-order valence-corrected chi connectivity index (χ0v) is 14.3. The first-order valence-electron chi connectivity index (χ1n) is 7.84. The van der Waals surface area contributed by atoms with Crippen LogP contribution in [0.5, 0.6) is 0 Å². The molecule has 0 bridgehead atoms. The van der Waals surface area contributed by atoms with Gasteiger partial charge in [-0.1, -0.05) is 55.8 Å². The van der Waals surface area contributed by atoms with Crippen molar-refractivity contribution in [2.24, 2.45) is 11.3 Å². The van der Waals surface area contributed by atoms with Gasteiger partial charge in [-0.25, -0.2) is 4.39 Å². The number of hydrogen-bond acceptors (Lipinski definition) is 1. The maximum Gasteiger partial charge on any atom is 0.142 e. The number of carbonyl (C=O) groups is 1. The molecular weight excluding hydrogens is 311 g/mol. The first-order chi connectivity index (χ1) is 10.8. The number of carbonyl (C=O) groups excluding carboxylic acids is 1. The van der Waals surface area contributed by atoms with Gasteiger partial charge in [-0.05, 0) is 47.1 Å². The Kier molecular flexibility index (Phi) is 4.05. The van der Waals surface area contributed by atoms with Gasteiger partial charge in [-0.3, -0.25) is 4.79 Å². The van der Waals surface area contributed by atoms with Crippen LogP contribution in [0.25, 0.3) is 0 Å². The van der Waals surface area contributed by atoms with Crippen LogP contribution < -0.4 is 0 Å². The number of halogens is 2. The molecule has 2 aromatic carbocycles. The molecule has 120 valence electrons.